The first kappa shape index (κ1) is 35.1. The number of rotatable bonds is 12. The third-order valence-electron chi connectivity index (χ3n) is 6.52. The highest BCUT2D eigenvalue weighted by Gasteiger charge is 2.31. The van der Waals surface area contributed by atoms with E-state index in [1.165, 1.54) is 36.4 Å². The molecule has 0 radical (unpaired) electrons. The molecule has 3 N–H and O–H groups in total. The van der Waals surface area contributed by atoms with Crippen LogP contribution in [-0.2, 0) is 28.6 Å². The maximum atomic E-state index is 12.6. The molecular weight excluding hydrogens is 612 g/mol. The third-order valence-corrected chi connectivity index (χ3v) is 6.52. The van der Waals surface area contributed by atoms with Gasteiger partial charge in [0.2, 0.25) is 18.2 Å². The van der Waals surface area contributed by atoms with Crippen molar-refractivity contribution in [3.63, 3.8) is 0 Å². The SMILES string of the molecule is Cc1ccc(NC(=O)OCC(C)(COC(=O)Nc2ccc(C)c(N=C=O)c2)COC(=O)Nc2ccc(C)c(N=C=O)c2)cc1N=C=O. The van der Waals surface area contributed by atoms with Crippen molar-refractivity contribution in [2.45, 2.75) is 27.7 Å². The number of hydrogen-bond acceptors (Lipinski definition) is 12. The fourth-order valence-electron chi connectivity index (χ4n) is 3.88. The van der Waals surface area contributed by atoms with Crippen molar-refractivity contribution in [1.82, 2.24) is 0 Å². The monoisotopic (exact) mass is 642 g/mol. The van der Waals surface area contributed by atoms with Crippen molar-refractivity contribution in [2.24, 2.45) is 20.4 Å². The van der Waals surface area contributed by atoms with E-state index in [0.29, 0.717) is 33.8 Å². The van der Waals surface area contributed by atoms with Gasteiger partial charge in [0, 0.05) is 17.1 Å². The molecule has 0 bridgehead atoms. The van der Waals surface area contributed by atoms with Crippen molar-refractivity contribution in [1.29, 1.82) is 0 Å². The van der Waals surface area contributed by atoms with Crippen LogP contribution in [0.5, 0.6) is 0 Å². The largest absolute Gasteiger partial charge is 0.448 e. The van der Waals surface area contributed by atoms with Crippen molar-refractivity contribution in [2.75, 3.05) is 35.8 Å². The number of hydrogen-bond donors (Lipinski definition) is 3. The molecule has 47 heavy (non-hydrogen) atoms. The number of aryl methyl sites for hydroxylation is 3. The number of anilines is 3. The molecule has 0 unspecified atom stereocenters. The average molecular weight is 643 g/mol. The average Bonchev–Trinajstić information content (AvgIpc) is 3.03. The van der Waals surface area contributed by atoms with E-state index in [-0.39, 0.29) is 36.9 Å². The predicted octanol–water partition coefficient (Wildman–Crippen LogP) is 6.57. The summed E-state index contributed by atoms with van der Waals surface area (Å²) in [4.78, 5) is 80.7. The van der Waals surface area contributed by atoms with E-state index in [2.05, 4.69) is 30.9 Å². The Hall–Kier alpha value is -6.39. The van der Waals surface area contributed by atoms with Gasteiger partial charge in [-0.15, -0.1) is 0 Å². The van der Waals surface area contributed by atoms with Gasteiger partial charge < -0.3 is 14.2 Å². The van der Waals surface area contributed by atoms with Crippen LogP contribution in [0.15, 0.2) is 69.6 Å². The highest BCUT2D eigenvalue weighted by Crippen LogP contribution is 2.26. The van der Waals surface area contributed by atoms with Gasteiger partial charge >= 0.3 is 18.3 Å². The first-order chi connectivity index (χ1) is 22.4. The minimum Gasteiger partial charge on any atom is -0.448 e. The van der Waals surface area contributed by atoms with Gasteiger partial charge in [-0.1, -0.05) is 18.2 Å². The molecule has 0 aliphatic rings. The highest BCUT2D eigenvalue weighted by atomic mass is 16.6. The quantitative estimate of drug-likeness (QED) is 0.111. The first-order valence-electron chi connectivity index (χ1n) is 13.8. The van der Waals surface area contributed by atoms with Crippen LogP contribution in [0.25, 0.3) is 0 Å². The Bertz CT molecular complexity index is 1600. The summed E-state index contributed by atoms with van der Waals surface area (Å²) in [5, 5.41) is 7.54. The van der Waals surface area contributed by atoms with E-state index in [1.54, 1.807) is 64.1 Å². The number of benzene rings is 3. The summed E-state index contributed by atoms with van der Waals surface area (Å²) in [7, 11) is 0. The van der Waals surface area contributed by atoms with Gasteiger partial charge in [-0.3, -0.25) is 16.0 Å². The Labute approximate surface area is 268 Å². The van der Waals surface area contributed by atoms with Crippen LogP contribution in [0.4, 0.5) is 48.5 Å². The molecule has 0 atom stereocenters. The van der Waals surface area contributed by atoms with Crippen molar-refractivity contribution in [3.05, 3.63) is 71.3 Å². The summed E-state index contributed by atoms with van der Waals surface area (Å²) in [6.45, 7) is 5.59. The molecule has 3 rings (SSSR count). The van der Waals surface area contributed by atoms with Gasteiger partial charge in [-0.2, -0.15) is 15.0 Å². The molecule has 0 aliphatic carbocycles. The van der Waals surface area contributed by atoms with Crippen LogP contribution < -0.4 is 16.0 Å². The van der Waals surface area contributed by atoms with Gasteiger partial charge in [-0.25, -0.2) is 28.8 Å². The van der Waals surface area contributed by atoms with Gasteiger partial charge in [0.25, 0.3) is 0 Å². The molecule has 0 aromatic heterocycles. The maximum Gasteiger partial charge on any atom is 0.411 e. The number of nitrogens with one attached hydrogen (secondary N) is 3. The van der Waals surface area contributed by atoms with Crippen molar-refractivity contribution < 1.29 is 43.0 Å². The van der Waals surface area contributed by atoms with Gasteiger partial charge in [0.1, 0.15) is 19.8 Å². The smallest absolute Gasteiger partial charge is 0.411 e. The Kier molecular flexibility index (Phi) is 12.4. The van der Waals surface area contributed by atoms with E-state index in [4.69, 9.17) is 14.2 Å². The number of nitrogens with zero attached hydrogens (tertiary/aromatic N) is 3. The lowest BCUT2D eigenvalue weighted by atomic mass is 9.94. The lowest BCUT2D eigenvalue weighted by molar-refractivity contribution is 0.00328. The predicted molar refractivity (Wildman–Crippen MR) is 170 cm³/mol. The fourth-order valence-corrected chi connectivity index (χ4v) is 3.88. The van der Waals surface area contributed by atoms with Crippen LogP contribution >= 0.6 is 0 Å². The normalized spacial score (nSPS) is 11.2. The van der Waals surface area contributed by atoms with Crippen LogP contribution in [0.2, 0.25) is 0 Å². The number of carbonyl (C=O) groups is 3. The summed E-state index contributed by atoms with van der Waals surface area (Å²) in [5.74, 6) is 0. The minimum absolute atomic E-state index is 0.287. The third kappa shape index (κ3) is 10.9. The zero-order valence-corrected chi connectivity index (χ0v) is 25.8. The molecule has 0 aliphatic heterocycles. The summed E-state index contributed by atoms with van der Waals surface area (Å²) >= 11 is 0. The van der Waals surface area contributed by atoms with Crippen molar-refractivity contribution in [3.8, 4) is 0 Å². The Morgan fingerprint density at radius 2 is 0.851 bits per heavy atom. The van der Waals surface area contributed by atoms with E-state index < -0.39 is 23.7 Å². The fraction of sp³-hybridized carbons (Fsp3) is 0.250. The molecule has 15 nitrogen and oxygen atoms in total. The molecule has 242 valence electrons. The maximum absolute atomic E-state index is 12.6. The zero-order chi connectivity index (χ0) is 34.4. The standard InChI is InChI=1S/C32H30N6O9/c1-20-5-8-23(11-26(20)33-17-39)36-29(42)45-14-32(4,15-46-30(43)37-24-9-6-21(2)27(12-24)34-18-40)16-47-31(44)38-25-10-7-22(3)28(13-25)35-19-41/h5-13H,14-16H2,1-4H3,(H,36,42)(H,37,43)(H,38,44). The Morgan fingerprint density at radius 3 is 1.11 bits per heavy atom. The molecule has 0 saturated heterocycles. The molecular formula is C32H30N6O9. The van der Waals surface area contributed by atoms with Crippen LogP contribution in [0.3, 0.4) is 0 Å². The van der Waals surface area contributed by atoms with Crippen LogP contribution in [-0.4, -0.2) is 56.3 Å². The van der Waals surface area contributed by atoms with Gasteiger partial charge in [-0.05, 0) is 80.8 Å². The zero-order valence-electron chi connectivity index (χ0n) is 25.8. The topological polar surface area (TPSA) is 203 Å². The molecule has 3 amide bonds. The number of amides is 3. The summed E-state index contributed by atoms with van der Waals surface area (Å²) < 4.78 is 16.1. The lowest BCUT2D eigenvalue weighted by Gasteiger charge is -2.28. The number of ether oxygens (including phenoxy) is 3. The second kappa shape index (κ2) is 16.6. The van der Waals surface area contributed by atoms with E-state index in [1.807, 2.05) is 0 Å². The molecule has 0 fully saturated rings. The van der Waals surface area contributed by atoms with Crippen molar-refractivity contribution >= 4 is 70.6 Å². The lowest BCUT2D eigenvalue weighted by Crippen LogP contribution is -2.38. The summed E-state index contributed by atoms with van der Waals surface area (Å²) in [5.41, 5.74) is 2.57. The Morgan fingerprint density at radius 1 is 0.574 bits per heavy atom. The number of aliphatic imine (C=N–C) groups is 3. The van der Waals surface area contributed by atoms with Gasteiger partial charge in [0.15, 0.2) is 0 Å². The molecule has 0 spiro atoms. The molecule has 3 aromatic carbocycles. The molecule has 3 aromatic rings. The Balaban J connectivity index is 1.70. The summed E-state index contributed by atoms with van der Waals surface area (Å²) in [6, 6.07) is 14.0. The van der Waals surface area contributed by atoms with Crippen LogP contribution in [0, 0.1) is 26.2 Å². The second-order valence-electron chi connectivity index (χ2n) is 10.5. The van der Waals surface area contributed by atoms with E-state index in [0.717, 1.165) is 0 Å². The molecule has 0 heterocycles. The minimum atomic E-state index is -1.26. The van der Waals surface area contributed by atoms with E-state index >= 15 is 0 Å². The number of carbonyl (C=O) groups excluding carboxylic acids is 6. The second-order valence-corrected chi connectivity index (χ2v) is 10.5. The van der Waals surface area contributed by atoms with E-state index in [9.17, 15) is 28.8 Å². The molecule has 15 heteroatoms. The number of isocyanates is 3. The molecule has 0 saturated carbocycles. The van der Waals surface area contributed by atoms with Crippen LogP contribution in [0.1, 0.15) is 23.6 Å². The first-order valence-corrected chi connectivity index (χ1v) is 13.8. The highest BCUT2D eigenvalue weighted by molar-refractivity contribution is 5.87. The van der Waals surface area contributed by atoms with Gasteiger partial charge in [0.05, 0.1) is 22.5 Å². The summed E-state index contributed by atoms with van der Waals surface area (Å²) in [6.07, 6.45) is 1.68.